The number of aliphatic hydroxyl groups excluding tert-OH is 1. The zero-order chi connectivity index (χ0) is 13.1. The van der Waals surface area contributed by atoms with Crippen LogP contribution in [0.1, 0.15) is 11.9 Å². The van der Waals surface area contributed by atoms with Gasteiger partial charge in [-0.2, -0.15) is 0 Å². The number of nitrogens with zero attached hydrogens (tertiary/aromatic N) is 1. The average molecular weight is 248 g/mol. The van der Waals surface area contributed by atoms with Gasteiger partial charge in [-0.15, -0.1) is 0 Å². The zero-order valence-electron chi connectivity index (χ0n) is 9.80. The quantitative estimate of drug-likeness (QED) is 0.813. The Morgan fingerprint density at radius 1 is 1.28 bits per heavy atom. The predicted octanol–water partition coefficient (Wildman–Crippen LogP) is 1.85. The molecule has 2 rings (SSSR count). The summed E-state index contributed by atoms with van der Waals surface area (Å²) in [6, 6.07) is 9.38. The van der Waals surface area contributed by atoms with E-state index in [9.17, 15) is 9.50 Å². The Labute approximate surface area is 104 Å². The van der Waals surface area contributed by atoms with Crippen LogP contribution in [0.2, 0.25) is 0 Å². The molecule has 4 nitrogen and oxygen atoms in total. The highest BCUT2D eigenvalue weighted by Crippen LogP contribution is 2.31. The molecule has 0 aliphatic heterocycles. The molecule has 1 aromatic heterocycles. The van der Waals surface area contributed by atoms with E-state index in [-0.39, 0.29) is 11.3 Å². The summed E-state index contributed by atoms with van der Waals surface area (Å²) in [6.07, 6.45) is -1.19. The fourth-order valence-corrected chi connectivity index (χ4v) is 1.68. The van der Waals surface area contributed by atoms with E-state index in [0.29, 0.717) is 11.4 Å². The minimum atomic E-state index is -1.19. The molecule has 2 aromatic rings. The number of hydrogen-bond acceptors (Lipinski definition) is 4. The van der Waals surface area contributed by atoms with E-state index in [1.165, 1.54) is 13.2 Å². The first-order valence-corrected chi connectivity index (χ1v) is 5.37. The molecular formula is C13H13FN2O2. The third-order valence-electron chi connectivity index (χ3n) is 2.53. The number of ether oxygens (including phenoxy) is 1. The van der Waals surface area contributed by atoms with Crippen LogP contribution in [0.25, 0.3) is 11.3 Å². The van der Waals surface area contributed by atoms with Crippen LogP contribution in [0.15, 0.2) is 36.4 Å². The van der Waals surface area contributed by atoms with Gasteiger partial charge >= 0.3 is 0 Å². The van der Waals surface area contributed by atoms with E-state index < -0.39 is 12.0 Å². The number of rotatable bonds is 3. The molecule has 0 bridgehead atoms. The van der Waals surface area contributed by atoms with Crippen molar-refractivity contribution in [3.8, 4) is 17.0 Å². The highest BCUT2D eigenvalue weighted by molar-refractivity contribution is 5.67. The minimum absolute atomic E-state index is 0.252. The maximum Gasteiger partial charge on any atom is 0.145 e. The van der Waals surface area contributed by atoms with Crippen LogP contribution in [0.4, 0.5) is 4.39 Å². The second-order valence-electron chi connectivity index (χ2n) is 3.71. The maximum atomic E-state index is 13.8. The molecule has 1 heterocycles. The Kier molecular flexibility index (Phi) is 3.55. The molecule has 0 fully saturated rings. The second-order valence-corrected chi connectivity index (χ2v) is 3.71. The summed E-state index contributed by atoms with van der Waals surface area (Å²) in [5.74, 6) is -0.0586. The number of pyridine rings is 1. The highest BCUT2D eigenvalue weighted by Gasteiger charge is 2.14. The smallest absolute Gasteiger partial charge is 0.145 e. The molecule has 0 saturated carbocycles. The molecule has 0 saturated heterocycles. The first-order chi connectivity index (χ1) is 8.63. The highest BCUT2D eigenvalue weighted by atomic mass is 19.1. The molecule has 0 radical (unpaired) electrons. The Morgan fingerprint density at radius 3 is 2.67 bits per heavy atom. The van der Waals surface area contributed by atoms with Gasteiger partial charge in [-0.25, -0.2) is 9.37 Å². The molecule has 18 heavy (non-hydrogen) atoms. The van der Waals surface area contributed by atoms with Gasteiger partial charge < -0.3 is 15.6 Å². The molecule has 3 N–H and O–H groups in total. The maximum absolute atomic E-state index is 13.8. The third-order valence-corrected chi connectivity index (χ3v) is 2.53. The second kappa shape index (κ2) is 5.12. The SMILES string of the molecule is COc1cccc(F)c1-c1cccc(C(N)O)n1. The molecular weight excluding hydrogens is 235 g/mol. The lowest BCUT2D eigenvalue weighted by atomic mass is 10.1. The van der Waals surface area contributed by atoms with Crippen LogP contribution >= 0.6 is 0 Å². The van der Waals surface area contributed by atoms with E-state index in [1.807, 2.05) is 0 Å². The zero-order valence-corrected chi connectivity index (χ0v) is 9.80. The first-order valence-electron chi connectivity index (χ1n) is 5.37. The molecule has 94 valence electrons. The Balaban J connectivity index is 2.58. The van der Waals surface area contributed by atoms with E-state index in [0.717, 1.165) is 0 Å². The van der Waals surface area contributed by atoms with Crippen molar-refractivity contribution in [1.82, 2.24) is 4.98 Å². The monoisotopic (exact) mass is 248 g/mol. The molecule has 0 aliphatic rings. The predicted molar refractivity (Wildman–Crippen MR) is 65.3 cm³/mol. The van der Waals surface area contributed by atoms with Gasteiger partial charge in [0.15, 0.2) is 0 Å². The number of hydrogen-bond donors (Lipinski definition) is 2. The lowest BCUT2D eigenvalue weighted by Gasteiger charge is -2.11. The van der Waals surface area contributed by atoms with Crippen molar-refractivity contribution >= 4 is 0 Å². The van der Waals surface area contributed by atoms with Crippen molar-refractivity contribution in [2.24, 2.45) is 5.73 Å². The number of nitrogens with two attached hydrogens (primary N) is 1. The molecule has 0 amide bonds. The summed E-state index contributed by atoms with van der Waals surface area (Å²) in [6.45, 7) is 0. The van der Waals surface area contributed by atoms with Gasteiger partial charge in [0.05, 0.1) is 24.1 Å². The van der Waals surface area contributed by atoms with E-state index in [2.05, 4.69) is 4.98 Å². The third kappa shape index (κ3) is 2.32. The Morgan fingerprint density at radius 2 is 2.00 bits per heavy atom. The largest absolute Gasteiger partial charge is 0.496 e. The number of methoxy groups -OCH3 is 1. The summed E-state index contributed by atoms with van der Waals surface area (Å²) >= 11 is 0. The van der Waals surface area contributed by atoms with Crippen LogP contribution in [0.5, 0.6) is 5.75 Å². The van der Waals surface area contributed by atoms with Gasteiger partial charge in [-0.1, -0.05) is 12.1 Å². The molecule has 0 spiro atoms. The molecule has 1 aromatic carbocycles. The molecule has 5 heteroatoms. The normalized spacial score (nSPS) is 12.2. The van der Waals surface area contributed by atoms with Crippen molar-refractivity contribution < 1.29 is 14.2 Å². The van der Waals surface area contributed by atoms with Crippen LogP contribution in [0, 0.1) is 5.82 Å². The minimum Gasteiger partial charge on any atom is -0.496 e. The molecule has 1 atom stereocenters. The summed E-state index contributed by atoms with van der Waals surface area (Å²) < 4.78 is 18.9. The van der Waals surface area contributed by atoms with Crippen LogP contribution in [-0.2, 0) is 0 Å². The summed E-state index contributed by atoms with van der Waals surface area (Å²) in [4.78, 5) is 4.12. The van der Waals surface area contributed by atoms with E-state index in [4.69, 9.17) is 10.5 Å². The van der Waals surface area contributed by atoms with Gasteiger partial charge in [0.2, 0.25) is 0 Å². The van der Waals surface area contributed by atoms with Crippen molar-refractivity contribution in [2.75, 3.05) is 7.11 Å². The molecule has 0 aliphatic carbocycles. The van der Waals surface area contributed by atoms with Crippen molar-refractivity contribution in [2.45, 2.75) is 6.23 Å². The van der Waals surface area contributed by atoms with Crippen LogP contribution < -0.4 is 10.5 Å². The van der Waals surface area contributed by atoms with Crippen molar-refractivity contribution in [3.05, 3.63) is 47.9 Å². The number of aliphatic hydroxyl groups is 1. The van der Waals surface area contributed by atoms with Gasteiger partial charge in [0, 0.05) is 0 Å². The fraction of sp³-hybridized carbons (Fsp3) is 0.154. The van der Waals surface area contributed by atoms with Crippen LogP contribution in [0.3, 0.4) is 0 Å². The van der Waals surface area contributed by atoms with Crippen LogP contribution in [-0.4, -0.2) is 17.2 Å². The van der Waals surface area contributed by atoms with E-state index >= 15 is 0 Å². The number of halogens is 1. The van der Waals surface area contributed by atoms with Gasteiger partial charge in [0.1, 0.15) is 17.8 Å². The van der Waals surface area contributed by atoms with Crippen molar-refractivity contribution in [3.63, 3.8) is 0 Å². The summed E-state index contributed by atoms with van der Waals surface area (Å²) in [7, 11) is 1.46. The lowest BCUT2D eigenvalue weighted by Crippen LogP contribution is -2.10. The molecule has 1 unspecified atom stereocenters. The summed E-state index contributed by atoms with van der Waals surface area (Å²) in [5.41, 5.74) is 6.23. The van der Waals surface area contributed by atoms with Gasteiger partial charge in [-0.05, 0) is 24.3 Å². The summed E-state index contributed by atoms with van der Waals surface area (Å²) in [5, 5.41) is 9.28. The topological polar surface area (TPSA) is 68.4 Å². The van der Waals surface area contributed by atoms with Gasteiger partial charge in [-0.3, -0.25) is 0 Å². The number of aromatic nitrogens is 1. The Bertz CT molecular complexity index is 558. The Hall–Kier alpha value is -1.98. The van der Waals surface area contributed by atoms with Crippen molar-refractivity contribution in [1.29, 1.82) is 0 Å². The number of benzene rings is 1. The lowest BCUT2D eigenvalue weighted by molar-refractivity contribution is 0.181. The van der Waals surface area contributed by atoms with E-state index in [1.54, 1.807) is 30.3 Å². The standard InChI is InChI=1S/C13H13FN2O2/c1-18-11-7-2-4-8(14)12(11)9-5-3-6-10(16-9)13(15)17/h2-7,13,17H,15H2,1H3. The van der Waals surface area contributed by atoms with Gasteiger partial charge in [0.25, 0.3) is 0 Å². The average Bonchev–Trinajstić information content (AvgIpc) is 2.38. The first kappa shape index (κ1) is 12.5. The fourth-order valence-electron chi connectivity index (χ4n) is 1.68.